The van der Waals surface area contributed by atoms with Crippen LogP contribution in [0.5, 0.6) is 5.75 Å². The molecular weight excluding hydrogens is 406 g/mol. The molecule has 168 valence electrons. The summed E-state index contributed by atoms with van der Waals surface area (Å²) in [7, 11) is 1.83. The van der Waals surface area contributed by atoms with Gasteiger partial charge in [0, 0.05) is 19.6 Å². The standard InChI is InChI=1S/C25H29N3O4/c1-27-17-21(32-20-10-6-3-7-11-20)16-22(24(29)26-31)23(27)25(30)28-14-12-19(13-15-28)18-8-4-2-5-9-18/h2-12,21-23,31H,13-17H2,1H3,(H,26,29). The molecule has 3 unspecified atom stereocenters. The molecule has 0 bridgehead atoms. The molecule has 2 aromatic carbocycles. The second-order valence-corrected chi connectivity index (χ2v) is 8.39. The zero-order valence-corrected chi connectivity index (χ0v) is 18.2. The highest BCUT2D eigenvalue weighted by Gasteiger charge is 2.45. The minimum absolute atomic E-state index is 0.0948. The number of amides is 2. The third-order valence-electron chi connectivity index (χ3n) is 6.28. The van der Waals surface area contributed by atoms with Gasteiger partial charge in [0.05, 0.1) is 5.92 Å². The number of likely N-dealkylation sites (tertiary alicyclic amines) is 1. The molecule has 2 aromatic rings. The predicted molar refractivity (Wildman–Crippen MR) is 121 cm³/mol. The number of rotatable bonds is 5. The Bertz CT molecular complexity index is 964. The highest BCUT2D eigenvalue weighted by Crippen LogP contribution is 2.29. The maximum atomic E-state index is 13.5. The molecule has 7 heteroatoms. The Balaban J connectivity index is 1.47. The second kappa shape index (κ2) is 9.97. The second-order valence-electron chi connectivity index (χ2n) is 8.39. The summed E-state index contributed by atoms with van der Waals surface area (Å²) < 4.78 is 6.05. The lowest BCUT2D eigenvalue weighted by Gasteiger charge is -2.43. The first kappa shape index (κ1) is 22.0. The third kappa shape index (κ3) is 4.84. The van der Waals surface area contributed by atoms with Gasteiger partial charge in [-0.05, 0) is 43.2 Å². The highest BCUT2D eigenvalue weighted by molar-refractivity contribution is 5.90. The number of nitrogens with zero attached hydrogens (tertiary/aromatic N) is 2. The van der Waals surface area contributed by atoms with E-state index in [1.54, 1.807) is 10.4 Å². The van der Waals surface area contributed by atoms with Crippen LogP contribution in [-0.4, -0.2) is 65.6 Å². The van der Waals surface area contributed by atoms with Gasteiger partial charge in [-0.2, -0.15) is 0 Å². The van der Waals surface area contributed by atoms with E-state index in [2.05, 4.69) is 18.2 Å². The number of hydrogen-bond acceptors (Lipinski definition) is 5. The van der Waals surface area contributed by atoms with Gasteiger partial charge in [-0.15, -0.1) is 0 Å². The van der Waals surface area contributed by atoms with Crippen LogP contribution >= 0.6 is 0 Å². The molecule has 2 N–H and O–H groups in total. The average molecular weight is 436 g/mol. The van der Waals surface area contributed by atoms with Gasteiger partial charge >= 0.3 is 0 Å². The van der Waals surface area contributed by atoms with Gasteiger partial charge in [0.2, 0.25) is 11.8 Å². The monoisotopic (exact) mass is 435 g/mol. The summed E-state index contributed by atoms with van der Waals surface area (Å²) in [6.07, 6.45) is 2.94. The van der Waals surface area contributed by atoms with Crippen LogP contribution in [0, 0.1) is 5.92 Å². The molecule has 1 fully saturated rings. The maximum Gasteiger partial charge on any atom is 0.248 e. The molecule has 2 heterocycles. The van der Waals surface area contributed by atoms with Gasteiger partial charge in [0.25, 0.3) is 0 Å². The van der Waals surface area contributed by atoms with Gasteiger partial charge in [-0.3, -0.25) is 19.7 Å². The minimum atomic E-state index is -0.709. The first-order valence-corrected chi connectivity index (χ1v) is 11.0. The Kier molecular flexibility index (Phi) is 6.87. The summed E-state index contributed by atoms with van der Waals surface area (Å²) >= 11 is 0. The van der Waals surface area contributed by atoms with Gasteiger partial charge in [0.1, 0.15) is 17.9 Å². The molecule has 4 rings (SSSR count). The van der Waals surface area contributed by atoms with Crippen molar-refractivity contribution in [3.63, 3.8) is 0 Å². The van der Waals surface area contributed by atoms with Crippen LogP contribution in [0.3, 0.4) is 0 Å². The summed E-state index contributed by atoms with van der Waals surface area (Å²) in [5.74, 6) is -0.649. The fourth-order valence-corrected chi connectivity index (χ4v) is 4.67. The van der Waals surface area contributed by atoms with E-state index in [1.807, 2.05) is 60.5 Å². The van der Waals surface area contributed by atoms with Gasteiger partial charge in [-0.1, -0.05) is 54.6 Å². The topological polar surface area (TPSA) is 82.1 Å². The van der Waals surface area contributed by atoms with Crippen molar-refractivity contribution in [2.75, 3.05) is 26.7 Å². The van der Waals surface area contributed by atoms with Gasteiger partial charge in [0.15, 0.2) is 0 Å². The van der Waals surface area contributed by atoms with Crippen LogP contribution in [0.15, 0.2) is 66.7 Å². The number of carbonyl (C=O) groups is 2. The molecule has 2 amide bonds. The zero-order chi connectivity index (χ0) is 22.5. The first-order chi connectivity index (χ1) is 15.6. The summed E-state index contributed by atoms with van der Waals surface area (Å²) in [5.41, 5.74) is 4.16. The smallest absolute Gasteiger partial charge is 0.248 e. The van der Waals surface area contributed by atoms with E-state index in [9.17, 15) is 14.8 Å². The Morgan fingerprint density at radius 1 is 1.06 bits per heavy atom. The molecule has 1 saturated heterocycles. The third-order valence-corrected chi connectivity index (χ3v) is 6.28. The molecule has 2 aliphatic heterocycles. The summed E-state index contributed by atoms with van der Waals surface area (Å²) in [5, 5.41) is 9.33. The number of hydroxylamine groups is 1. The number of carbonyl (C=O) groups excluding carboxylic acids is 2. The fourth-order valence-electron chi connectivity index (χ4n) is 4.67. The van der Waals surface area contributed by atoms with E-state index in [1.165, 1.54) is 11.1 Å². The SMILES string of the molecule is CN1CC(Oc2ccccc2)CC(C(=O)NO)C1C(=O)N1CC=C(c2ccccc2)CC1. The number of ether oxygens (including phenoxy) is 1. The van der Waals surface area contributed by atoms with Crippen LogP contribution < -0.4 is 10.2 Å². The zero-order valence-electron chi connectivity index (χ0n) is 18.2. The number of nitrogens with one attached hydrogen (secondary N) is 1. The molecule has 0 radical (unpaired) electrons. The van der Waals surface area contributed by atoms with Crippen LogP contribution in [0.25, 0.3) is 5.57 Å². The van der Waals surface area contributed by atoms with Crippen molar-refractivity contribution >= 4 is 17.4 Å². The summed E-state index contributed by atoms with van der Waals surface area (Å²) in [4.78, 5) is 29.6. The van der Waals surface area contributed by atoms with Crippen molar-refractivity contribution in [2.24, 2.45) is 5.92 Å². The van der Waals surface area contributed by atoms with Crippen molar-refractivity contribution in [1.82, 2.24) is 15.3 Å². The number of hydrogen-bond donors (Lipinski definition) is 2. The Morgan fingerprint density at radius 2 is 1.75 bits per heavy atom. The first-order valence-electron chi connectivity index (χ1n) is 11.0. The number of likely N-dealkylation sites (N-methyl/N-ethyl adjacent to an activating group) is 1. The van der Waals surface area contributed by atoms with Crippen LogP contribution in [0.1, 0.15) is 18.4 Å². The van der Waals surface area contributed by atoms with Crippen LogP contribution in [0.4, 0.5) is 0 Å². The van der Waals surface area contributed by atoms with E-state index in [-0.39, 0.29) is 12.0 Å². The molecule has 7 nitrogen and oxygen atoms in total. The summed E-state index contributed by atoms with van der Waals surface area (Å²) in [6, 6.07) is 18.9. The Hall–Kier alpha value is -3.16. The molecular formula is C25H29N3O4. The van der Waals surface area contributed by atoms with E-state index in [4.69, 9.17) is 4.74 Å². The molecule has 32 heavy (non-hydrogen) atoms. The van der Waals surface area contributed by atoms with Crippen molar-refractivity contribution in [3.05, 3.63) is 72.3 Å². The van der Waals surface area contributed by atoms with Crippen molar-refractivity contribution in [3.8, 4) is 5.75 Å². The fraction of sp³-hybridized carbons (Fsp3) is 0.360. The van der Waals surface area contributed by atoms with Crippen LogP contribution in [-0.2, 0) is 9.59 Å². The van der Waals surface area contributed by atoms with E-state index < -0.39 is 17.9 Å². The maximum absolute atomic E-state index is 13.5. The van der Waals surface area contributed by atoms with E-state index >= 15 is 0 Å². The number of piperidine rings is 1. The summed E-state index contributed by atoms with van der Waals surface area (Å²) in [6.45, 7) is 1.62. The lowest BCUT2D eigenvalue weighted by atomic mass is 9.86. The Labute approximate surface area is 188 Å². The molecule has 0 spiro atoms. The largest absolute Gasteiger partial charge is 0.489 e. The molecule has 3 atom stereocenters. The number of benzene rings is 2. The van der Waals surface area contributed by atoms with Crippen LogP contribution in [0.2, 0.25) is 0 Å². The average Bonchev–Trinajstić information content (AvgIpc) is 2.84. The van der Waals surface area contributed by atoms with Crippen molar-refractivity contribution in [2.45, 2.75) is 25.0 Å². The molecule has 2 aliphatic rings. The van der Waals surface area contributed by atoms with Gasteiger partial charge in [-0.25, -0.2) is 5.48 Å². The van der Waals surface area contributed by atoms with E-state index in [0.29, 0.717) is 31.8 Å². The van der Waals surface area contributed by atoms with E-state index in [0.717, 1.165) is 6.42 Å². The predicted octanol–water partition coefficient (Wildman–Crippen LogP) is 2.58. The highest BCUT2D eigenvalue weighted by atomic mass is 16.5. The molecule has 0 saturated carbocycles. The Morgan fingerprint density at radius 3 is 2.38 bits per heavy atom. The van der Waals surface area contributed by atoms with Crippen molar-refractivity contribution in [1.29, 1.82) is 0 Å². The number of para-hydroxylation sites is 1. The molecule has 0 aromatic heterocycles. The normalized spacial score (nSPS) is 23.9. The quantitative estimate of drug-likeness (QED) is 0.557. The minimum Gasteiger partial charge on any atom is -0.489 e. The lowest BCUT2D eigenvalue weighted by Crippen LogP contribution is -2.60. The van der Waals surface area contributed by atoms with Gasteiger partial charge < -0.3 is 9.64 Å². The molecule has 0 aliphatic carbocycles. The van der Waals surface area contributed by atoms with Crippen molar-refractivity contribution < 1.29 is 19.5 Å². The lowest BCUT2D eigenvalue weighted by molar-refractivity contribution is -0.151.